The number of rotatable bonds is 6. The number of nitrogens with zero attached hydrogens (tertiary/aromatic N) is 1. The van der Waals surface area contributed by atoms with Crippen molar-refractivity contribution in [1.29, 1.82) is 0 Å². The van der Waals surface area contributed by atoms with Crippen molar-refractivity contribution < 1.29 is 14.4 Å². The number of likely N-dealkylation sites (tertiary alicyclic amines) is 1. The van der Waals surface area contributed by atoms with E-state index in [1.165, 1.54) is 0 Å². The van der Waals surface area contributed by atoms with Gasteiger partial charge in [-0.3, -0.25) is 14.4 Å². The Labute approximate surface area is 166 Å². The molecule has 3 amide bonds. The van der Waals surface area contributed by atoms with Gasteiger partial charge in [-0.2, -0.15) is 0 Å². The fraction of sp³-hybridized carbons (Fsp3) is 0.526. The van der Waals surface area contributed by atoms with Crippen molar-refractivity contribution in [3.8, 4) is 0 Å². The van der Waals surface area contributed by atoms with Gasteiger partial charge in [0.2, 0.25) is 11.8 Å². The van der Waals surface area contributed by atoms with Crippen molar-refractivity contribution in [3.05, 3.63) is 35.9 Å². The molecule has 0 bridgehead atoms. The zero-order valence-electron chi connectivity index (χ0n) is 15.8. The number of carbonyl (C=O) groups is 3. The third-order valence-corrected chi connectivity index (χ3v) is 4.65. The molecule has 0 unspecified atom stereocenters. The van der Waals surface area contributed by atoms with E-state index in [9.17, 15) is 14.4 Å². The Morgan fingerprint density at radius 2 is 1.74 bits per heavy atom. The second kappa shape index (κ2) is 10.9. The van der Waals surface area contributed by atoms with Crippen molar-refractivity contribution >= 4 is 30.1 Å². The summed E-state index contributed by atoms with van der Waals surface area (Å²) in [6.45, 7) is 4.80. The fourth-order valence-electron chi connectivity index (χ4n) is 2.83. The molecule has 27 heavy (non-hydrogen) atoms. The van der Waals surface area contributed by atoms with Crippen LogP contribution in [-0.4, -0.2) is 54.3 Å². The van der Waals surface area contributed by atoms with Gasteiger partial charge in [0.1, 0.15) is 0 Å². The number of benzene rings is 1. The van der Waals surface area contributed by atoms with Crippen molar-refractivity contribution in [1.82, 2.24) is 15.5 Å². The van der Waals surface area contributed by atoms with E-state index in [0.717, 1.165) is 0 Å². The van der Waals surface area contributed by atoms with E-state index in [2.05, 4.69) is 10.6 Å². The van der Waals surface area contributed by atoms with Crippen LogP contribution >= 0.6 is 12.4 Å². The Morgan fingerprint density at radius 3 is 2.30 bits per heavy atom. The predicted molar refractivity (Wildman–Crippen MR) is 107 cm³/mol. The lowest BCUT2D eigenvalue weighted by Gasteiger charge is -2.32. The summed E-state index contributed by atoms with van der Waals surface area (Å²) in [6, 6.07) is 8.52. The number of hydrogen-bond acceptors (Lipinski definition) is 4. The van der Waals surface area contributed by atoms with E-state index in [-0.39, 0.29) is 48.6 Å². The van der Waals surface area contributed by atoms with Gasteiger partial charge in [-0.25, -0.2) is 0 Å². The molecule has 0 aliphatic carbocycles. The topological polar surface area (TPSA) is 105 Å². The van der Waals surface area contributed by atoms with Gasteiger partial charge in [0.05, 0.1) is 12.6 Å². The Kier molecular flexibility index (Phi) is 9.25. The summed E-state index contributed by atoms with van der Waals surface area (Å²) in [4.78, 5) is 37.9. The smallest absolute Gasteiger partial charge is 0.251 e. The molecule has 7 nitrogen and oxygen atoms in total. The second-order valence-corrected chi connectivity index (χ2v) is 6.98. The van der Waals surface area contributed by atoms with Crippen LogP contribution in [0.3, 0.4) is 0 Å². The van der Waals surface area contributed by atoms with Crippen molar-refractivity contribution in [2.24, 2.45) is 11.7 Å². The molecular weight excluding hydrogens is 368 g/mol. The van der Waals surface area contributed by atoms with Crippen LogP contribution in [0, 0.1) is 5.92 Å². The Morgan fingerprint density at radius 1 is 1.15 bits per heavy atom. The van der Waals surface area contributed by atoms with Gasteiger partial charge in [0.15, 0.2) is 0 Å². The monoisotopic (exact) mass is 396 g/mol. The number of nitrogens with two attached hydrogens (primary N) is 1. The first-order valence-electron chi connectivity index (χ1n) is 9.05. The summed E-state index contributed by atoms with van der Waals surface area (Å²) < 4.78 is 0. The zero-order chi connectivity index (χ0) is 19.1. The van der Waals surface area contributed by atoms with E-state index in [0.29, 0.717) is 31.5 Å². The summed E-state index contributed by atoms with van der Waals surface area (Å²) in [7, 11) is 0. The average molecular weight is 397 g/mol. The molecule has 150 valence electrons. The van der Waals surface area contributed by atoms with E-state index >= 15 is 0 Å². The maximum absolute atomic E-state index is 12.2. The van der Waals surface area contributed by atoms with Crippen LogP contribution in [0.15, 0.2) is 30.3 Å². The molecule has 1 atom stereocenters. The lowest BCUT2D eigenvalue weighted by molar-refractivity contribution is -0.134. The molecule has 1 aromatic rings. The Bertz CT molecular complexity index is 631. The Balaban J connectivity index is 0.00000364. The van der Waals surface area contributed by atoms with Gasteiger partial charge in [0, 0.05) is 24.7 Å². The maximum atomic E-state index is 12.2. The minimum Gasteiger partial charge on any atom is -0.349 e. The minimum absolute atomic E-state index is 0. The van der Waals surface area contributed by atoms with Crippen LogP contribution in [0.25, 0.3) is 0 Å². The molecule has 4 N–H and O–H groups in total. The summed E-state index contributed by atoms with van der Waals surface area (Å²) in [5, 5.41) is 5.61. The molecule has 1 heterocycles. The molecule has 1 aliphatic rings. The molecule has 0 spiro atoms. The van der Waals surface area contributed by atoms with E-state index in [1.54, 1.807) is 17.0 Å². The third-order valence-electron chi connectivity index (χ3n) is 4.65. The third kappa shape index (κ3) is 6.84. The van der Waals surface area contributed by atoms with Crippen LogP contribution < -0.4 is 16.4 Å². The number of hydrogen-bond donors (Lipinski definition) is 3. The summed E-state index contributed by atoms with van der Waals surface area (Å²) in [6.07, 6.45) is 1.40. The SMILES string of the molecule is CC(C)[C@H](N)C(=O)NCC(=O)N1CCC(NC(=O)c2ccccc2)CC1.Cl. The largest absolute Gasteiger partial charge is 0.349 e. The Hall–Kier alpha value is -2.12. The van der Waals surface area contributed by atoms with Crippen molar-refractivity contribution in [3.63, 3.8) is 0 Å². The summed E-state index contributed by atoms with van der Waals surface area (Å²) in [5.74, 6) is -0.500. The number of amides is 3. The highest BCUT2D eigenvalue weighted by Gasteiger charge is 2.25. The van der Waals surface area contributed by atoms with Crippen LogP contribution in [0.5, 0.6) is 0 Å². The highest BCUT2D eigenvalue weighted by atomic mass is 35.5. The van der Waals surface area contributed by atoms with E-state index in [1.807, 2.05) is 32.0 Å². The molecule has 0 radical (unpaired) electrons. The number of carbonyl (C=O) groups excluding carboxylic acids is 3. The van der Waals surface area contributed by atoms with E-state index < -0.39 is 6.04 Å². The number of halogens is 1. The number of nitrogens with one attached hydrogen (secondary N) is 2. The molecule has 0 saturated carbocycles. The molecule has 2 rings (SSSR count). The first kappa shape index (κ1) is 22.9. The van der Waals surface area contributed by atoms with Crippen LogP contribution in [-0.2, 0) is 9.59 Å². The molecule has 0 aromatic heterocycles. The van der Waals surface area contributed by atoms with Gasteiger partial charge < -0.3 is 21.3 Å². The minimum atomic E-state index is -0.610. The van der Waals surface area contributed by atoms with Gasteiger partial charge in [-0.15, -0.1) is 12.4 Å². The first-order valence-corrected chi connectivity index (χ1v) is 9.05. The zero-order valence-corrected chi connectivity index (χ0v) is 16.6. The summed E-state index contributed by atoms with van der Waals surface area (Å²) >= 11 is 0. The van der Waals surface area contributed by atoms with E-state index in [4.69, 9.17) is 5.73 Å². The van der Waals surface area contributed by atoms with Crippen LogP contribution in [0.2, 0.25) is 0 Å². The normalized spacial score (nSPS) is 15.6. The molecule has 1 aromatic carbocycles. The first-order chi connectivity index (χ1) is 12.4. The molecule has 1 fully saturated rings. The number of piperidine rings is 1. The lowest BCUT2D eigenvalue weighted by atomic mass is 10.0. The van der Waals surface area contributed by atoms with Crippen molar-refractivity contribution in [2.45, 2.75) is 38.8 Å². The van der Waals surface area contributed by atoms with Crippen molar-refractivity contribution in [2.75, 3.05) is 19.6 Å². The standard InChI is InChI=1S/C19H28N4O3.ClH/c1-13(2)17(20)19(26)21-12-16(24)23-10-8-15(9-11-23)22-18(25)14-6-4-3-5-7-14;/h3-7,13,15,17H,8-12,20H2,1-2H3,(H,21,26)(H,22,25);1H/t17-;/m0./s1. The quantitative estimate of drug-likeness (QED) is 0.665. The average Bonchev–Trinajstić information content (AvgIpc) is 2.66. The van der Waals surface area contributed by atoms with Crippen LogP contribution in [0.1, 0.15) is 37.0 Å². The molecular formula is C19H29ClN4O3. The molecule has 1 aliphatic heterocycles. The summed E-state index contributed by atoms with van der Waals surface area (Å²) in [5.41, 5.74) is 6.39. The van der Waals surface area contributed by atoms with Gasteiger partial charge in [0.25, 0.3) is 5.91 Å². The fourth-order valence-corrected chi connectivity index (χ4v) is 2.83. The predicted octanol–water partition coefficient (Wildman–Crippen LogP) is 0.929. The maximum Gasteiger partial charge on any atom is 0.251 e. The van der Waals surface area contributed by atoms with Gasteiger partial charge in [-0.1, -0.05) is 32.0 Å². The second-order valence-electron chi connectivity index (χ2n) is 6.98. The molecule has 8 heteroatoms. The highest BCUT2D eigenvalue weighted by Crippen LogP contribution is 2.11. The van der Waals surface area contributed by atoms with Crippen LogP contribution in [0.4, 0.5) is 0 Å². The van der Waals surface area contributed by atoms with Gasteiger partial charge >= 0.3 is 0 Å². The molecule has 1 saturated heterocycles. The lowest BCUT2D eigenvalue weighted by Crippen LogP contribution is -2.51. The van der Waals surface area contributed by atoms with Gasteiger partial charge in [-0.05, 0) is 30.9 Å². The highest BCUT2D eigenvalue weighted by molar-refractivity contribution is 5.94.